The minimum Gasteiger partial charge on any atom is -0.226 e. The molecule has 1 aromatic heterocycles. The third-order valence-electron chi connectivity index (χ3n) is 1.15. The van der Waals surface area contributed by atoms with E-state index in [2.05, 4.69) is 41.8 Å². The van der Waals surface area contributed by atoms with E-state index in [1.807, 2.05) is 0 Å². The first-order valence-corrected chi connectivity index (χ1v) is 5.19. The van der Waals surface area contributed by atoms with Gasteiger partial charge < -0.3 is 0 Å². The van der Waals surface area contributed by atoms with E-state index in [9.17, 15) is 0 Å². The van der Waals surface area contributed by atoms with Crippen molar-refractivity contribution in [2.45, 2.75) is 12.3 Å². The van der Waals surface area contributed by atoms with Crippen molar-refractivity contribution >= 4 is 43.5 Å². The van der Waals surface area contributed by atoms with Crippen molar-refractivity contribution in [3.63, 3.8) is 0 Å². The fraction of sp³-hybridized carbons (Fsp3) is 0.333. The van der Waals surface area contributed by atoms with Crippen LogP contribution < -0.4 is 0 Å². The van der Waals surface area contributed by atoms with Gasteiger partial charge in [-0.2, -0.15) is 0 Å². The van der Waals surface area contributed by atoms with Crippen molar-refractivity contribution in [1.29, 1.82) is 0 Å². The van der Waals surface area contributed by atoms with Crippen LogP contribution in [0.2, 0.25) is 5.15 Å². The van der Waals surface area contributed by atoms with Gasteiger partial charge in [-0.3, -0.25) is 0 Å². The van der Waals surface area contributed by atoms with E-state index in [1.165, 1.54) is 0 Å². The van der Waals surface area contributed by atoms with E-state index in [4.69, 9.17) is 11.6 Å². The maximum atomic E-state index is 5.82. The van der Waals surface area contributed by atoms with Gasteiger partial charge in [0.05, 0.1) is 0 Å². The molecule has 0 bridgehead atoms. The Balaban J connectivity index is 3.25. The minimum atomic E-state index is 0.501. The third kappa shape index (κ3) is 2.13. The second-order valence-corrected chi connectivity index (χ2v) is 3.63. The first-order chi connectivity index (χ1) is 5.15. The Labute approximate surface area is 86.6 Å². The molecule has 60 valence electrons. The molecule has 0 aliphatic carbocycles. The molecule has 0 fully saturated rings. The zero-order chi connectivity index (χ0) is 8.43. The van der Waals surface area contributed by atoms with Crippen molar-refractivity contribution in [2.75, 3.05) is 0 Å². The molecule has 11 heavy (non-hydrogen) atoms. The second kappa shape index (κ2) is 3.83. The number of aryl methyl sites for hydroxylation is 1. The van der Waals surface area contributed by atoms with Crippen molar-refractivity contribution in [3.8, 4) is 0 Å². The van der Waals surface area contributed by atoms with Crippen LogP contribution in [0.1, 0.15) is 11.4 Å². The molecule has 0 spiro atoms. The topological polar surface area (TPSA) is 25.8 Å². The normalized spacial score (nSPS) is 10.2. The molecule has 1 heterocycles. The van der Waals surface area contributed by atoms with Crippen LogP contribution in [0.3, 0.4) is 0 Å². The molecule has 2 nitrogen and oxygen atoms in total. The smallest absolute Gasteiger partial charge is 0.137 e. The number of alkyl halides is 1. The fourth-order valence-electron chi connectivity index (χ4n) is 0.639. The molecule has 0 amide bonds. The summed E-state index contributed by atoms with van der Waals surface area (Å²) in [7, 11) is 0. The van der Waals surface area contributed by atoms with Crippen molar-refractivity contribution in [2.24, 2.45) is 0 Å². The number of aromatic nitrogens is 2. The van der Waals surface area contributed by atoms with Crippen LogP contribution in [-0.2, 0) is 5.33 Å². The highest BCUT2D eigenvalue weighted by Gasteiger charge is 2.06. The molecular formula is C6H5Br2ClN2. The third-order valence-corrected chi connectivity index (χ3v) is 2.68. The number of halogens is 3. The van der Waals surface area contributed by atoms with Gasteiger partial charge in [-0.25, -0.2) is 9.97 Å². The summed E-state index contributed by atoms with van der Waals surface area (Å²) in [5, 5.41) is 1.16. The standard InChI is InChI=1S/C6H5Br2ClN2/c1-3-10-5(8)4(2-7)6(9)11-3/h2H2,1H3. The molecule has 1 rings (SSSR count). The van der Waals surface area contributed by atoms with Crippen LogP contribution in [0, 0.1) is 6.92 Å². The summed E-state index contributed by atoms with van der Waals surface area (Å²) >= 11 is 12.4. The second-order valence-electron chi connectivity index (χ2n) is 1.96. The lowest BCUT2D eigenvalue weighted by Gasteiger charge is -2.01. The van der Waals surface area contributed by atoms with Crippen LogP contribution in [0.15, 0.2) is 4.60 Å². The summed E-state index contributed by atoms with van der Waals surface area (Å²) < 4.78 is 0.756. The SMILES string of the molecule is Cc1nc(Cl)c(CBr)c(Br)n1. The van der Waals surface area contributed by atoms with E-state index in [0.29, 0.717) is 16.3 Å². The predicted molar refractivity (Wildman–Crippen MR) is 52.1 cm³/mol. The van der Waals surface area contributed by atoms with Crippen molar-refractivity contribution in [3.05, 3.63) is 21.1 Å². The monoisotopic (exact) mass is 298 g/mol. The lowest BCUT2D eigenvalue weighted by atomic mass is 10.4. The van der Waals surface area contributed by atoms with Gasteiger partial charge >= 0.3 is 0 Å². The fourth-order valence-corrected chi connectivity index (χ4v) is 2.69. The molecular weight excluding hydrogens is 295 g/mol. The number of rotatable bonds is 1. The summed E-state index contributed by atoms with van der Waals surface area (Å²) in [6, 6.07) is 0. The first-order valence-electron chi connectivity index (χ1n) is 2.89. The van der Waals surface area contributed by atoms with E-state index in [0.717, 1.165) is 10.2 Å². The lowest BCUT2D eigenvalue weighted by Crippen LogP contribution is -1.94. The Morgan fingerprint density at radius 1 is 1.45 bits per heavy atom. The molecule has 0 aliphatic heterocycles. The molecule has 0 aromatic carbocycles. The van der Waals surface area contributed by atoms with Gasteiger partial charge in [0.25, 0.3) is 0 Å². The summed E-state index contributed by atoms with van der Waals surface area (Å²) in [5.74, 6) is 0.673. The lowest BCUT2D eigenvalue weighted by molar-refractivity contribution is 1.01. The Morgan fingerprint density at radius 2 is 2.09 bits per heavy atom. The molecule has 0 saturated carbocycles. The number of nitrogens with zero attached hydrogens (tertiary/aromatic N) is 2. The largest absolute Gasteiger partial charge is 0.226 e. The molecule has 0 unspecified atom stereocenters. The van der Waals surface area contributed by atoms with Crippen LogP contribution in [0.5, 0.6) is 0 Å². The summed E-state index contributed by atoms with van der Waals surface area (Å²) in [4.78, 5) is 8.10. The molecule has 0 aliphatic rings. The Morgan fingerprint density at radius 3 is 2.55 bits per heavy atom. The van der Waals surface area contributed by atoms with Gasteiger partial charge in [-0.15, -0.1) is 0 Å². The summed E-state index contributed by atoms with van der Waals surface area (Å²) in [6.07, 6.45) is 0. The van der Waals surface area contributed by atoms with Crippen LogP contribution in [0.4, 0.5) is 0 Å². The Bertz CT molecular complexity index is 254. The Hall–Kier alpha value is 0.330. The van der Waals surface area contributed by atoms with E-state index in [-0.39, 0.29) is 0 Å². The molecule has 0 atom stereocenters. The molecule has 0 radical (unpaired) electrons. The zero-order valence-electron chi connectivity index (χ0n) is 5.74. The number of hydrogen-bond acceptors (Lipinski definition) is 2. The molecule has 1 aromatic rings. The maximum absolute atomic E-state index is 5.82. The minimum absolute atomic E-state index is 0.501. The van der Waals surface area contributed by atoms with E-state index >= 15 is 0 Å². The predicted octanol–water partition coefficient (Wildman–Crippen LogP) is 3.10. The highest BCUT2D eigenvalue weighted by molar-refractivity contribution is 9.10. The highest BCUT2D eigenvalue weighted by Crippen LogP contribution is 2.23. The van der Waals surface area contributed by atoms with Crippen LogP contribution in [0.25, 0.3) is 0 Å². The quantitative estimate of drug-likeness (QED) is 0.588. The highest BCUT2D eigenvalue weighted by atomic mass is 79.9. The van der Waals surface area contributed by atoms with Gasteiger partial charge in [-0.1, -0.05) is 27.5 Å². The van der Waals surface area contributed by atoms with Gasteiger partial charge in [0.15, 0.2) is 0 Å². The van der Waals surface area contributed by atoms with E-state index < -0.39 is 0 Å². The van der Waals surface area contributed by atoms with E-state index in [1.54, 1.807) is 6.92 Å². The zero-order valence-corrected chi connectivity index (χ0v) is 9.66. The molecule has 5 heteroatoms. The molecule has 0 N–H and O–H groups in total. The van der Waals surface area contributed by atoms with Crippen molar-refractivity contribution < 1.29 is 0 Å². The average molecular weight is 300 g/mol. The van der Waals surface area contributed by atoms with Crippen LogP contribution >= 0.6 is 43.5 Å². The van der Waals surface area contributed by atoms with Crippen molar-refractivity contribution in [1.82, 2.24) is 9.97 Å². The van der Waals surface area contributed by atoms with Crippen LogP contribution in [-0.4, -0.2) is 9.97 Å². The first kappa shape index (κ1) is 9.42. The van der Waals surface area contributed by atoms with Gasteiger partial charge in [0, 0.05) is 10.9 Å². The summed E-state index contributed by atoms with van der Waals surface area (Å²) in [5.41, 5.74) is 0.886. The average Bonchev–Trinajstić information content (AvgIpc) is 1.85. The van der Waals surface area contributed by atoms with Gasteiger partial charge in [0.1, 0.15) is 15.6 Å². The number of hydrogen-bond donors (Lipinski definition) is 0. The summed E-state index contributed by atoms with van der Waals surface area (Å²) in [6.45, 7) is 1.80. The van der Waals surface area contributed by atoms with Gasteiger partial charge in [0.2, 0.25) is 0 Å². The van der Waals surface area contributed by atoms with Gasteiger partial charge in [-0.05, 0) is 22.9 Å². The molecule has 0 saturated heterocycles. The maximum Gasteiger partial charge on any atom is 0.137 e. The Kier molecular flexibility index (Phi) is 3.28.